The Kier molecular flexibility index (Phi) is 3.79. The average molecular weight is 208 g/mol. The SMILES string of the molecule is CC.O=Cc1ccc2c(n1)NC(=O)CO2. The van der Waals surface area contributed by atoms with E-state index >= 15 is 0 Å². The smallest absolute Gasteiger partial charge is 0.263 e. The third kappa shape index (κ3) is 2.52. The van der Waals surface area contributed by atoms with Crippen molar-refractivity contribution in [2.75, 3.05) is 11.9 Å². The molecule has 80 valence electrons. The summed E-state index contributed by atoms with van der Waals surface area (Å²) in [5.74, 6) is 0.536. The number of fused-ring (bicyclic) bond motifs is 1. The zero-order chi connectivity index (χ0) is 11.3. The first-order valence-corrected chi connectivity index (χ1v) is 4.68. The Labute approximate surface area is 87.5 Å². The highest BCUT2D eigenvalue weighted by Crippen LogP contribution is 2.24. The highest BCUT2D eigenvalue weighted by Gasteiger charge is 2.16. The predicted octanol–water partition coefficient (Wildman–Crippen LogP) is 1.25. The molecule has 5 heteroatoms. The molecule has 0 aromatic carbocycles. The summed E-state index contributed by atoms with van der Waals surface area (Å²) in [5.41, 5.74) is 0.268. The molecule has 0 spiro atoms. The van der Waals surface area contributed by atoms with Crippen LogP contribution in [0.15, 0.2) is 12.1 Å². The van der Waals surface area contributed by atoms with Crippen molar-refractivity contribution in [2.24, 2.45) is 0 Å². The highest BCUT2D eigenvalue weighted by molar-refractivity contribution is 5.94. The number of hydrogen-bond acceptors (Lipinski definition) is 4. The Balaban J connectivity index is 0.000000531. The van der Waals surface area contributed by atoms with E-state index < -0.39 is 0 Å². The van der Waals surface area contributed by atoms with Gasteiger partial charge in [0, 0.05) is 0 Å². The van der Waals surface area contributed by atoms with Crippen molar-refractivity contribution in [3.8, 4) is 5.75 Å². The number of aromatic nitrogens is 1. The summed E-state index contributed by atoms with van der Waals surface area (Å²) < 4.78 is 5.04. The number of rotatable bonds is 1. The Hall–Kier alpha value is -1.91. The molecule has 1 N–H and O–H groups in total. The molecule has 2 rings (SSSR count). The minimum absolute atomic E-state index is 0.00485. The van der Waals surface area contributed by atoms with Crippen LogP contribution in [0.1, 0.15) is 24.3 Å². The van der Waals surface area contributed by atoms with Crippen LogP contribution < -0.4 is 10.1 Å². The first-order chi connectivity index (χ1) is 7.29. The van der Waals surface area contributed by atoms with Crippen molar-refractivity contribution >= 4 is 18.0 Å². The quantitative estimate of drug-likeness (QED) is 0.705. The third-order valence-corrected chi connectivity index (χ3v) is 1.62. The number of amides is 1. The van der Waals surface area contributed by atoms with Crippen LogP contribution in [0.25, 0.3) is 0 Å². The van der Waals surface area contributed by atoms with Gasteiger partial charge in [-0.1, -0.05) is 13.8 Å². The monoisotopic (exact) mass is 208 g/mol. The molecule has 0 radical (unpaired) electrons. The molecule has 1 aromatic heterocycles. The summed E-state index contributed by atoms with van der Waals surface area (Å²) in [7, 11) is 0. The van der Waals surface area contributed by atoms with E-state index in [0.29, 0.717) is 17.9 Å². The van der Waals surface area contributed by atoms with E-state index in [-0.39, 0.29) is 18.2 Å². The number of carbonyl (C=O) groups excluding carboxylic acids is 2. The van der Waals surface area contributed by atoms with Gasteiger partial charge in [-0.05, 0) is 12.1 Å². The second-order valence-electron chi connectivity index (χ2n) is 2.54. The van der Waals surface area contributed by atoms with Gasteiger partial charge in [0.25, 0.3) is 5.91 Å². The molecule has 1 aromatic rings. The zero-order valence-corrected chi connectivity index (χ0v) is 8.61. The standard InChI is InChI=1S/C8H6N2O3.C2H6/c11-3-5-1-2-6-8(9-5)10-7(12)4-13-6;1-2/h1-3H,4H2,(H,9,10,12);1-2H3. The normalized spacial score (nSPS) is 12.5. The lowest BCUT2D eigenvalue weighted by atomic mass is 10.3. The van der Waals surface area contributed by atoms with Crippen molar-refractivity contribution in [3.05, 3.63) is 17.8 Å². The maximum atomic E-state index is 10.9. The van der Waals surface area contributed by atoms with Gasteiger partial charge in [0.15, 0.2) is 24.5 Å². The summed E-state index contributed by atoms with van der Waals surface area (Å²) in [4.78, 5) is 25.1. The van der Waals surface area contributed by atoms with Crippen molar-refractivity contribution < 1.29 is 14.3 Å². The van der Waals surface area contributed by atoms with Crippen LogP contribution in [0.4, 0.5) is 5.82 Å². The van der Waals surface area contributed by atoms with Gasteiger partial charge in [-0.15, -0.1) is 0 Å². The number of anilines is 1. The zero-order valence-electron chi connectivity index (χ0n) is 8.61. The molecule has 0 saturated carbocycles. The molecule has 1 aliphatic rings. The Bertz CT molecular complexity index is 377. The molecule has 0 aliphatic carbocycles. The van der Waals surface area contributed by atoms with Crippen LogP contribution in [0.3, 0.4) is 0 Å². The molecule has 0 bridgehead atoms. The summed E-state index contributed by atoms with van der Waals surface area (Å²) in [6, 6.07) is 3.13. The maximum Gasteiger partial charge on any atom is 0.263 e. The average Bonchev–Trinajstić information content (AvgIpc) is 2.30. The van der Waals surface area contributed by atoms with E-state index in [1.807, 2.05) is 13.8 Å². The molecule has 2 heterocycles. The van der Waals surface area contributed by atoms with Gasteiger partial charge in [0.05, 0.1) is 0 Å². The lowest BCUT2D eigenvalue weighted by molar-refractivity contribution is -0.118. The van der Waals surface area contributed by atoms with Crippen LogP contribution in [-0.4, -0.2) is 23.8 Å². The number of nitrogens with zero attached hydrogens (tertiary/aromatic N) is 1. The summed E-state index contributed by atoms with van der Waals surface area (Å²) >= 11 is 0. The van der Waals surface area contributed by atoms with Gasteiger partial charge in [-0.3, -0.25) is 9.59 Å². The van der Waals surface area contributed by atoms with Crippen LogP contribution >= 0.6 is 0 Å². The second kappa shape index (κ2) is 5.09. The van der Waals surface area contributed by atoms with Crippen LogP contribution in [0, 0.1) is 0 Å². The molecule has 0 fully saturated rings. The fraction of sp³-hybridized carbons (Fsp3) is 0.300. The predicted molar refractivity (Wildman–Crippen MR) is 55.1 cm³/mol. The molecule has 0 saturated heterocycles. The minimum Gasteiger partial charge on any atom is -0.480 e. The van der Waals surface area contributed by atoms with E-state index in [1.165, 1.54) is 6.07 Å². The van der Waals surface area contributed by atoms with Gasteiger partial charge in [-0.2, -0.15) is 0 Å². The van der Waals surface area contributed by atoms with Gasteiger partial charge in [-0.25, -0.2) is 4.98 Å². The summed E-state index contributed by atoms with van der Waals surface area (Å²) in [6.07, 6.45) is 0.612. The van der Waals surface area contributed by atoms with Gasteiger partial charge in [0.2, 0.25) is 0 Å². The number of pyridine rings is 1. The Morgan fingerprint density at radius 2 is 2.20 bits per heavy atom. The fourth-order valence-electron chi connectivity index (χ4n) is 1.04. The third-order valence-electron chi connectivity index (χ3n) is 1.62. The van der Waals surface area contributed by atoms with Crippen LogP contribution in [0.2, 0.25) is 0 Å². The lowest BCUT2D eigenvalue weighted by Crippen LogP contribution is -2.26. The summed E-state index contributed by atoms with van der Waals surface area (Å²) in [5, 5.41) is 2.50. The number of aldehydes is 1. The molecule has 1 amide bonds. The van der Waals surface area contributed by atoms with Crippen molar-refractivity contribution in [1.82, 2.24) is 4.98 Å². The molecular formula is C10H12N2O3. The van der Waals surface area contributed by atoms with Gasteiger partial charge < -0.3 is 10.1 Å². The summed E-state index contributed by atoms with van der Waals surface area (Å²) in [6.45, 7) is 4.00. The lowest BCUT2D eigenvalue weighted by Gasteiger charge is -2.16. The molecule has 15 heavy (non-hydrogen) atoms. The number of ether oxygens (including phenoxy) is 1. The van der Waals surface area contributed by atoms with E-state index in [9.17, 15) is 9.59 Å². The van der Waals surface area contributed by atoms with E-state index in [1.54, 1.807) is 6.07 Å². The van der Waals surface area contributed by atoms with Crippen LogP contribution in [0.5, 0.6) is 5.75 Å². The Morgan fingerprint density at radius 3 is 2.87 bits per heavy atom. The largest absolute Gasteiger partial charge is 0.480 e. The topological polar surface area (TPSA) is 68.3 Å². The number of carbonyl (C=O) groups is 2. The minimum atomic E-state index is -0.261. The number of nitrogens with one attached hydrogen (secondary N) is 1. The van der Waals surface area contributed by atoms with Gasteiger partial charge >= 0.3 is 0 Å². The molecule has 1 aliphatic heterocycles. The first kappa shape index (κ1) is 11.2. The molecule has 0 unspecified atom stereocenters. The van der Waals surface area contributed by atoms with Crippen molar-refractivity contribution in [3.63, 3.8) is 0 Å². The Morgan fingerprint density at radius 1 is 1.47 bits per heavy atom. The van der Waals surface area contributed by atoms with Crippen molar-refractivity contribution in [2.45, 2.75) is 13.8 Å². The van der Waals surface area contributed by atoms with E-state index in [4.69, 9.17) is 4.74 Å². The molecule has 0 atom stereocenters. The molecular weight excluding hydrogens is 196 g/mol. The van der Waals surface area contributed by atoms with E-state index in [0.717, 1.165) is 0 Å². The number of hydrogen-bond donors (Lipinski definition) is 1. The van der Waals surface area contributed by atoms with E-state index in [2.05, 4.69) is 10.3 Å². The van der Waals surface area contributed by atoms with Crippen LogP contribution in [-0.2, 0) is 4.79 Å². The second-order valence-corrected chi connectivity index (χ2v) is 2.54. The van der Waals surface area contributed by atoms with Crippen molar-refractivity contribution in [1.29, 1.82) is 0 Å². The fourth-order valence-corrected chi connectivity index (χ4v) is 1.04. The van der Waals surface area contributed by atoms with Gasteiger partial charge in [0.1, 0.15) is 5.69 Å². The maximum absolute atomic E-state index is 10.9. The first-order valence-electron chi connectivity index (χ1n) is 4.68. The highest BCUT2D eigenvalue weighted by atomic mass is 16.5. The molecule has 5 nitrogen and oxygen atoms in total.